The molecule has 5 nitrogen and oxygen atoms in total. The highest BCUT2D eigenvalue weighted by atomic mass is 14.9. The first kappa shape index (κ1) is 27.2. The Morgan fingerprint density at radius 2 is 0.935 bits per heavy atom. The Bertz CT molecular complexity index is 2230. The molecule has 0 fully saturated rings. The third kappa shape index (κ3) is 5.53. The second-order valence-electron chi connectivity index (χ2n) is 11.0. The minimum atomic E-state index is 0.672. The zero-order chi connectivity index (χ0) is 30.7. The van der Waals surface area contributed by atoms with Crippen LogP contribution in [0.2, 0.25) is 0 Å². The molecule has 0 radical (unpaired) electrons. The van der Waals surface area contributed by atoms with Crippen LogP contribution in [0.25, 0.3) is 78.6 Å². The molecule has 216 valence electrons. The lowest BCUT2D eigenvalue weighted by atomic mass is 9.99. The maximum atomic E-state index is 5.02. The Labute approximate surface area is 267 Å². The van der Waals surface area contributed by atoms with Crippen LogP contribution < -0.4 is 0 Å². The summed E-state index contributed by atoms with van der Waals surface area (Å²) in [7, 11) is 0. The van der Waals surface area contributed by atoms with Gasteiger partial charge in [0.1, 0.15) is 0 Å². The van der Waals surface area contributed by atoms with Crippen molar-refractivity contribution in [2.24, 2.45) is 0 Å². The van der Waals surface area contributed by atoms with Crippen molar-refractivity contribution in [3.63, 3.8) is 0 Å². The molecule has 0 aliphatic carbocycles. The van der Waals surface area contributed by atoms with Gasteiger partial charge in [0.05, 0.1) is 34.2 Å². The number of hydrogen-bond acceptors (Lipinski definition) is 5. The predicted octanol–water partition coefficient (Wildman–Crippen LogP) is 9.82. The first-order chi connectivity index (χ1) is 22.8. The van der Waals surface area contributed by atoms with Gasteiger partial charge in [-0.05, 0) is 70.4 Å². The van der Waals surface area contributed by atoms with E-state index < -0.39 is 0 Å². The number of pyridine rings is 3. The molecule has 0 saturated carbocycles. The SMILES string of the molecule is c1ccc(-c2cc(-c3ccc(-c4cc(-c5ccc6ccccc6c5)cc(-c5ccccn5)n4)nc3)nc(-c3ccccc3)n2)cc1. The molecule has 0 unspecified atom stereocenters. The van der Waals surface area contributed by atoms with Crippen LogP contribution in [-0.4, -0.2) is 24.9 Å². The Morgan fingerprint density at radius 1 is 0.304 bits per heavy atom. The van der Waals surface area contributed by atoms with Gasteiger partial charge in [0.25, 0.3) is 0 Å². The van der Waals surface area contributed by atoms with E-state index in [1.165, 1.54) is 10.8 Å². The lowest BCUT2D eigenvalue weighted by molar-refractivity contribution is 1.17. The fourth-order valence-electron chi connectivity index (χ4n) is 5.61. The van der Waals surface area contributed by atoms with Crippen LogP contribution in [0.5, 0.6) is 0 Å². The Kier molecular flexibility index (Phi) is 7.09. The van der Waals surface area contributed by atoms with Crippen molar-refractivity contribution in [1.82, 2.24) is 24.9 Å². The molecule has 0 saturated heterocycles. The summed E-state index contributed by atoms with van der Waals surface area (Å²) in [5, 5.41) is 2.40. The third-order valence-corrected chi connectivity index (χ3v) is 7.98. The number of rotatable bonds is 6. The summed E-state index contributed by atoms with van der Waals surface area (Å²) in [5.41, 5.74) is 9.87. The van der Waals surface area contributed by atoms with Crippen molar-refractivity contribution in [2.45, 2.75) is 0 Å². The molecular formula is C41H27N5. The fourth-order valence-corrected chi connectivity index (χ4v) is 5.61. The molecule has 4 aromatic carbocycles. The lowest BCUT2D eigenvalue weighted by Crippen LogP contribution is -1.97. The van der Waals surface area contributed by atoms with Crippen molar-refractivity contribution in [3.8, 4) is 67.8 Å². The summed E-state index contributed by atoms with van der Waals surface area (Å²) < 4.78 is 0. The van der Waals surface area contributed by atoms with Crippen LogP contribution in [-0.2, 0) is 0 Å². The van der Waals surface area contributed by atoms with Gasteiger partial charge >= 0.3 is 0 Å². The summed E-state index contributed by atoms with van der Waals surface area (Å²) in [6.07, 6.45) is 3.66. The van der Waals surface area contributed by atoms with E-state index in [4.69, 9.17) is 19.9 Å². The van der Waals surface area contributed by atoms with Crippen molar-refractivity contribution in [3.05, 3.63) is 164 Å². The van der Waals surface area contributed by atoms with Gasteiger partial charge in [-0.3, -0.25) is 9.97 Å². The van der Waals surface area contributed by atoms with Crippen molar-refractivity contribution >= 4 is 10.8 Å². The smallest absolute Gasteiger partial charge is 0.160 e. The standard InChI is InChI=1S/C41H27N5/c1-3-12-29(13-4-1)37-26-38(46-41(45-37)30-14-5-2-6-15-30)33-20-21-36(43-27-33)40-25-34(24-39(44-40)35-17-9-10-22-42-35)32-19-18-28-11-7-8-16-31(28)23-32/h1-27H. The van der Waals surface area contributed by atoms with Gasteiger partial charge in [-0.25, -0.2) is 15.0 Å². The Morgan fingerprint density at radius 3 is 1.63 bits per heavy atom. The summed E-state index contributed by atoms with van der Waals surface area (Å²) in [4.78, 5) is 24.4. The van der Waals surface area contributed by atoms with E-state index in [2.05, 4.69) is 77.8 Å². The number of aromatic nitrogens is 5. The minimum Gasteiger partial charge on any atom is -0.255 e. The maximum Gasteiger partial charge on any atom is 0.160 e. The largest absolute Gasteiger partial charge is 0.255 e. The zero-order valence-electron chi connectivity index (χ0n) is 24.8. The molecule has 0 amide bonds. The summed E-state index contributed by atoms with van der Waals surface area (Å²) in [6.45, 7) is 0. The van der Waals surface area contributed by atoms with Crippen LogP contribution in [0.3, 0.4) is 0 Å². The average Bonchev–Trinajstić information content (AvgIpc) is 3.15. The predicted molar refractivity (Wildman–Crippen MR) is 186 cm³/mol. The minimum absolute atomic E-state index is 0.672. The van der Waals surface area contributed by atoms with Gasteiger partial charge in [0.15, 0.2) is 5.82 Å². The number of benzene rings is 4. The van der Waals surface area contributed by atoms with Crippen LogP contribution in [0, 0.1) is 0 Å². The molecule has 8 aromatic rings. The summed E-state index contributed by atoms with van der Waals surface area (Å²) >= 11 is 0. The van der Waals surface area contributed by atoms with Gasteiger partial charge in [0.2, 0.25) is 0 Å². The van der Waals surface area contributed by atoms with E-state index in [-0.39, 0.29) is 0 Å². The van der Waals surface area contributed by atoms with Crippen LogP contribution in [0.15, 0.2) is 164 Å². The molecule has 8 rings (SSSR count). The molecule has 0 bridgehead atoms. The molecule has 46 heavy (non-hydrogen) atoms. The summed E-state index contributed by atoms with van der Waals surface area (Å²) in [5.74, 6) is 0.672. The molecule has 0 atom stereocenters. The maximum absolute atomic E-state index is 5.02. The highest BCUT2D eigenvalue weighted by molar-refractivity contribution is 5.88. The molecular weight excluding hydrogens is 562 g/mol. The Hall–Kier alpha value is -6.33. The molecule has 0 aliphatic rings. The van der Waals surface area contributed by atoms with E-state index in [1.807, 2.05) is 85.1 Å². The molecule has 5 heteroatoms. The van der Waals surface area contributed by atoms with Crippen molar-refractivity contribution in [1.29, 1.82) is 0 Å². The first-order valence-corrected chi connectivity index (χ1v) is 15.2. The fraction of sp³-hybridized carbons (Fsp3) is 0. The molecule has 4 heterocycles. The van der Waals surface area contributed by atoms with Crippen LogP contribution in [0.4, 0.5) is 0 Å². The monoisotopic (exact) mass is 589 g/mol. The third-order valence-electron chi connectivity index (χ3n) is 7.98. The molecule has 0 spiro atoms. The van der Waals surface area contributed by atoms with Crippen LogP contribution >= 0.6 is 0 Å². The number of nitrogens with zero attached hydrogens (tertiary/aromatic N) is 5. The average molecular weight is 590 g/mol. The molecule has 0 N–H and O–H groups in total. The molecule has 4 aromatic heterocycles. The van der Waals surface area contributed by atoms with E-state index >= 15 is 0 Å². The van der Waals surface area contributed by atoms with E-state index in [0.717, 1.165) is 62.0 Å². The van der Waals surface area contributed by atoms with E-state index in [1.54, 1.807) is 6.20 Å². The normalized spacial score (nSPS) is 11.0. The van der Waals surface area contributed by atoms with Crippen molar-refractivity contribution < 1.29 is 0 Å². The van der Waals surface area contributed by atoms with Gasteiger partial charge < -0.3 is 0 Å². The Balaban J connectivity index is 1.22. The van der Waals surface area contributed by atoms with Gasteiger partial charge in [-0.2, -0.15) is 0 Å². The van der Waals surface area contributed by atoms with E-state index in [0.29, 0.717) is 5.82 Å². The van der Waals surface area contributed by atoms with Gasteiger partial charge in [0, 0.05) is 29.1 Å². The highest BCUT2D eigenvalue weighted by Crippen LogP contribution is 2.32. The molecule has 0 aliphatic heterocycles. The number of fused-ring (bicyclic) bond motifs is 1. The van der Waals surface area contributed by atoms with E-state index in [9.17, 15) is 0 Å². The van der Waals surface area contributed by atoms with Crippen molar-refractivity contribution in [2.75, 3.05) is 0 Å². The lowest BCUT2D eigenvalue weighted by Gasteiger charge is -2.11. The summed E-state index contributed by atoms with van der Waals surface area (Å²) in [6, 6.07) is 51.3. The topological polar surface area (TPSA) is 64.5 Å². The highest BCUT2D eigenvalue weighted by Gasteiger charge is 2.14. The van der Waals surface area contributed by atoms with Gasteiger partial charge in [-0.1, -0.05) is 103 Å². The quantitative estimate of drug-likeness (QED) is 0.193. The van der Waals surface area contributed by atoms with Crippen LogP contribution in [0.1, 0.15) is 0 Å². The number of hydrogen-bond donors (Lipinski definition) is 0. The second kappa shape index (κ2) is 12.0. The second-order valence-corrected chi connectivity index (χ2v) is 11.0. The zero-order valence-corrected chi connectivity index (χ0v) is 24.8. The first-order valence-electron chi connectivity index (χ1n) is 15.2. The van der Waals surface area contributed by atoms with Gasteiger partial charge in [-0.15, -0.1) is 0 Å².